The molecule has 3 heteroatoms. The molecular weight excluding hydrogens is 306 g/mol. The molecule has 1 heterocycles. The molecule has 128 valence electrons. The second-order valence-electron chi connectivity index (χ2n) is 6.85. The summed E-state index contributed by atoms with van der Waals surface area (Å²) in [5.41, 5.74) is 22.2. The molecule has 0 aliphatic carbocycles. The Labute approximate surface area is 149 Å². The quantitative estimate of drug-likeness (QED) is 0.686. The maximum Gasteiger partial charge on any atom is 0.0373 e. The zero-order valence-corrected chi connectivity index (χ0v) is 15.3. The van der Waals surface area contributed by atoms with Crippen molar-refractivity contribution in [3.05, 3.63) is 87.7 Å². The number of hydrogen-bond donors (Lipinski definition) is 2. The Hall–Kier alpha value is -2.81. The van der Waals surface area contributed by atoms with Gasteiger partial charge in [0.1, 0.15) is 0 Å². The highest BCUT2D eigenvalue weighted by Gasteiger charge is 2.19. The van der Waals surface area contributed by atoms with Crippen LogP contribution >= 0.6 is 0 Å². The van der Waals surface area contributed by atoms with Gasteiger partial charge in [-0.1, -0.05) is 24.3 Å². The lowest BCUT2D eigenvalue weighted by Gasteiger charge is -2.22. The van der Waals surface area contributed by atoms with Crippen LogP contribution in [0.3, 0.4) is 0 Å². The first-order chi connectivity index (χ1) is 11.9. The number of pyridine rings is 1. The average molecular weight is 331 g/mol. The summed E-state index contributed by atoms with van der Waals surface area (Å²) < 4.78 is 0. The largest absolute Gasteiger partial charge is 0.398 e. The fraction of sp³-hybridized carbons (Fsp3) is 0.227. The molecule has 0 bridgehead atoms. The minimum atomic E-state index is 0.124. The third kappa shape index (κ3) is 3.22. The summed E-state index contributed by atoms with van der Waals surface area (Å²) in [5, 5.41) is 0. The highest BCUT2D eigenvalue weighted by atomic mass is 14.6. The Morgan fingerprint density at radius 2 is 1.00 bits per heavy atom. The third-order valence-electron chi connectivity index (χ3n) is 4.94. The van der Waals surface area contributed by atoms with E-state index in [4.69, 9.17) is 11.5 Å². The van der Waals surface area contributed by atoms with Crippen LogP contribution in [0.25, 0.3) is 0 Å². The van der Waals surface area contributed by atoms with E-state index in [1.54, 1.807) is 0 Å². The molecule has 0 unspecified atom stereocenters. The van der Waals surface area contributed by atoms with Crippen LogP contribution in [-0.2, 0) is 0 Å². The average Bonchev–Trinajstić information content (AvgIpc) is 2.58. The summed E-state index contributed by atoms with van der Waals surface area (Å²) in [6.45, 7) is 8.26. The second kappa shape index (κ2) is 6.60. The maximum absolute atomic E-state index is 6.17. The minimum absolute atomic E-state index is 0.124. The maximum atomic E-state index is 6.17. The lowest BCUT2D eigenvalue weighted by Crippen LogP contribution is -2.07. The number of anilines is 2. The van der Waals surface area contributed by atoms with Gasteiger partial charge in [0.05, 0.1) is 0 Å². The number of nitrogens with zero attached hydrogens (tertiary/aromatic N) is 1. The number of aromatic nitrogens is 1. The van der Waals surface area contributed by atoms with Gasteiger partial charge < -0.3 is 11.5 Å². The van der Waals surface area contributed by atoms with E-state index < -0.39 is 0 Å². The third-order valence-corrected chi connectivity index (χ3v) is 4.94. The zero-order chi connectivity index (χ0) is 18.1. The molecule has 0 radical (unpaired) electrons. The number of aryl methyl sites for hydroxylation is 4. The molecule has 3 rings (SSSR count). The van der Waals surface area contributed by atoms with Crippen LogP contribution in [0, 0.1) is 27.7 Å². The van der Waals surface area contributed by atoms with Gasteiger partial charge in [-0.3, -0.25) is 4.98 Å². The van der Waals surface area contributed by atoms with E-state index in [-0.39, 0.29) is 5.92 Å². The van der Waals surface area contributed by atoms with E-state index in [2.05, 4.69) is 69.1 Å². The van der Waals surface area contributed by atoms with Gasteiger partial charge in [0, 0.05) is 29.7 Å². The van der Waals surface area contributed by atoms with Crippen LogP contribution < -0.4 is 11.5 Å². The van der Waals surface area contributed by atoms with Gasteiger partial charge in [0.15, 0.2) is 0 Å². The molecule has 3 nitrogen and oxygen atoms in total. The van der Waals surface area contributed by atoms with Crippen molar-refractivity contribution < 1.29 is 0 Å². The predicted octanol–water partition coefficient (Wildman–Crippen LogP) is 4.66. The summed E-state index contributed by atoms with van der Waals surface area (Å²) in [6, 6.07) is 12.9. The van der Waals surface area contributed by atoms with Crippen molar-refractivity contribution in [2.75, 3.05) is 11.5 Å². The van der Waals surface area contributed by atoms with Crippen LogP contribution in [0.4, 0.5) is 11.4 Å². The normalized spacial score (nSPS) is 11.1. The van der Waals surface area contributed by atoms with Crippen molar-refractivity contribution in [3.63, 3.8) is 0 Å². The molecule has 0 fully saturated rings. The molecule has 3 aromatic rings. The molecule has 25 heavy (non-hydrogen) atoms. The van der Waals surface area contributed by atoms with E-state index in [0.29, 0.717) is 0 Å². The number of benzene rings is 2. The fourth-order valence-electron chi connectivity index (χ4n) is 3.48. The number of nitrogens with two attached hydrogens (primary N) is 2. The molecule has 0 saturated heterocycles. The van der Waals surface area contributed by atoms with Gasteiger partial charge in [0.2, 0.25) is 0 Å². The van der Waals surface area contributed by atoms with Crippen LogP contribution in [-0.4, -0.2) is 4.98 Å². The molecule has 1 aromatic heterocycles. The molecule has 0 aliphatic heterocycles. The van der Waals surface area contributed by atoms with E-state index >= 15 is 0 Å². The lowest BCUT2D eigenvalue weighted by atomic mass is 9.82. The van der Waals surface area contributed by atoms with Gasteiger partial charge in [0.25, 0.3) is 0 Å². The van der Waals surface area contributed by atoms with Crippen molar-refractivity contribution in [2.45, 2.75) is 33.6 Å². The number of hydrogen-bond acceptors (Lipinski definition) is 3. The van der Waals surface area contributed by atoms with Crippen molar-refractivity contribution in [3.8, 4) is 0 Å². The van der Waals surface area contributed by atoms with Gasteiger partial charge in [-0.25, -0.2) is 0 Å². The summed E-state index contributed by atoms with van der Waals surface area (Å²) >= 11 is 0. The molecular formula is C22H25N3. The highest BCUT2D eigenvalue weighted by molar-refractivity contribution is 5.60. The van der Waals surface area contributed by atoms with Crippen LogP contribution in [0.15, 0.2) is 48.8 Å². The first-order valence-electron chi connectivity index (χ1n) is 8.51. The first kappa shape index (κ1) is 17.0. The Kier molecular flexibility index (Phi) is 4.49. The van der Waals surface area contributed by atoms with Crippen molar-refractivity contribution in [1.29, 1.82) is 0 Å². The lowest BCUT2D eigenvalue weighted by molar-refractivity contribution is 0.960. The van der Waals surface area contributed by atoms with Crippen molar-refractivity contribution in [1.82, 2.24) is 4.98 Å². The molecule has 4 N–H and O–H groups in total. The first-order valence-corrected chi connectivity index (χ1v) is 8.51. The highest BCUT2D eigenvalue weighted by Crippen LogP contribution is 2.36. The molecule has 2 aromatic carbocycles. The molecule has 0 amide bonds. The van der Waals surface area contributed by atoms with E-state index in [0.717, 1.165) is 33.6 Å². The second-order valence-corrected chi connectivity index (χ2v) is 6.85. The summed E-state index contributed by atoms with van der Waals surface area (Å²) in [7, 11) is 0. The smallest absolute Gasteiger partial charge is 0.0373 e. The van der Waals surface area contributed by atoms with Crippen LogP contribution in [0.2, 0.25) is 0 Å². The number of nitrogen functional groups attached to an aromatic ring is 2. The fourth-order valence-corrected chi connectivity index (χ4v) is 3.48. The van der Waals surface area contributed by atoms with Gasteiger partial charge >= 0.3 is 0 Å². The predicted molar refractivity (Wildman–Crippen MR) is 106 cm³/mol. The van der Waals surface area contributed by atoms with Gasteiger partial charge in [-0.15, -0.1) is 0 Å². The van der Waals surface area contributed by atoms with Gasteiger partial charge in [-0.05, 0) is 78.8 Å². The Morgan fingerprint density at radius 1 is 0.640 bits per heavy atom. The van der Waals surface area contributed by atoms with E-state index in [9.17, 15) is 0 Å². The molecule has 0 atom stereocenters. The van der Waals surface area contributed by atoms with Crippen LogP contribution in [0.1, 0.15) is 44.9 Å². The standard InChI is InChI=1S/C22H25N3/c1-13-9-18(10-14(2)21(13)23)20(17-5-7-25-8-6-17)19-11-15(3)22(24)16(4)12-19/h5-12,20H,23-24H2,1-4H3. The molecule has 0 spiro atoms. The molecule has 0 aliphatic rings. The van der Waals surface area contributed by atoms with E-state index in [1.807, 2.05) is 12.4 Å². The van der Waals surface area contributed by atoms with E-state index in [1.165, 1.54) is 16.7 Å². The Bertz CT molecular complexity index is 810. The van der Waals surface area contributed by atoms with Gasteiger partial charge in [-0.2, -0.15) is 0 Å². The SMILES string of the molecule is Cc1cc(C(c2ccncc2)c2cc(C)c(N)c(C)c2)cc(C)c1N. The van der Waals surface area contributed by atoms with Crippen LogP contribution in [0.5, 0.6) is 0 Å². The van der Waals surface area contributed by atoms with Crippen molar-refractivity contribution in [2.24, 2.45) is 0 Å². The Morgan fingerprint density at radius 3 is 1.36 bits per heavy atom. The topological polar surface area (TPSA) is 64.9 Å². The minimum Gasteiger partial charge on any atom is -0.398 e. The summed E-state index contributed by atoms with van der Waals surface area (Å²) in [5.74, 6) is 0.124. The summed E-state index contributed by atoms with van der Waals surface area (Å²) in [4.78, 5) is 4.17. The molecule has 0 saturated carbocycles. The summed E-state index contributed by atoms with van der Waals surface area (Å²) in [6.07, 6.45) is 3.69. The monoisotopic (exact) mass is 331 g/mol. The zero-order valence-electron chi connectivity index (χ0n) is 15.3. The number of rotatable bonds is 3. The van der Waals surface area contributed by atoms with Crippen molar-refractivity contribution >= 4 is 11.4 Å². The Balaban J connectivity index is 2.25.